The summed E-state index contributed by atoms with van der Waals surface area (Å²) in [5.41, 5.74) is 2.60. The Balaban J connectivity index is 1.66. The van der Waals surface area contributed by atoms with Gasteiger partial charge in [-0.1, -0.05) is 19.9 Å². The fraction of sp³-hybridized carbons (Fsp3) is 0.667. The minimum atomic E-state index is 0.681. The molecule has 0 amide bonds. The van der Waals surface area contributed by atoms with Crippen molar-refractivity contribution in [3.8, 4) is 5.75 Å². The normalized spacial score (nSPS) is 21.2. The monoisotopic (exact) mass is 288 g/mol. The van der Waals surface area contributed by atoms with Crippen molar-refractivity contribution in [2.75, 3.05) is 31.6 Å². The van der Waals surface area contributed by atoms with E-state index >= 15 is 0 Å². The number of anilines is 1. The molecule has 21 heavy (non-hydrogen) atoms. The quantitative estimate of drug-likeness (QED) is 0.917. The van der Waals surface area contributed by atoms with Gasteiger partial charge < -0.3 is 15.0 Å². The van der Waals surface area contributed by atoms with E-state index in [-0.39, 0.29) is 0 Å². The third-order valence-corrected chi connectivity index (χ3v) is 5.00. The topological polar surface area (TPSA) is 24.5 Å². The second-order valence-corrected chi connectivity index (χ2v) is 6.59. The van der Waals surface area contributed by atoms with Gasteiger partial charge in [0.25, 0.3) is 0 Å². The predicted molar refractivity (Wildman–Crippen MR) is 88.2 cm³/mol. The highest BCUT2D eigenvalue weighted by atomic mass is 16.5. The fourth-order valence-electron chi connectivity index (χ4n) is 3.51. The molecule has 1 unspecified atom stereocenters. The van der Waals surface area contributed by atoms with E-state index in [0.717, 1.165) is 31.2 Å². The number of rotatable bonds is 4. The van der Waals surface area contributed by atoms with Crippen molar-refractivity contribution < 1.29 is 4.74 Å². The Hall–Kier alpha value is -1.22. The van der Waals surface area contributed by atoms with Crippen molar-refractivity contribution in [2.45, 2.75) is 45.6 Å². The molecule has 1 N–H and O–H groups in total. The zero-order valence-electron chi connectivity index (χ0n) is 13.4. The molecule has 2 aliphatic heterocycles. The van der Waals surface area contributed by atoms with Crippen LogP contribution in [0.2, 0.25) is 0 Å². The second-order valence-electron chi connectivity index (χ2n) is 6.59. The molecule has 2 heterocycles. The van der Waals surface area contributed by atoms with E-state index in [1.54, 1.807) is 0 Å². The van der Waals surface area contributed by atoms with E-state index in [0.29, 0.717) is 6.04 Å². The number of hydrogen-bond acceptors (Lipinski definition) is 3. The van der Waals surface area contributed by atoms with Crippen molar-refractivity contribution in [1.82, 2.24) is 4.90 Å². The molecule has 3 nitrogen and oxygen atoms in total. The van der Waals surface area contributed by atoms with Crippen LogP contribution < -0.4 is 10.1 Å². The van der Waals surface area contributed by atoms with Gasteiger partial charge >= 0.3 is 0 Å². The van der Waals surface area contributed by atoms with Gasteiger partial charge in [-0.25, -0.2) is 0 Å². The first-order valence-electron chi connectivity index (χ1n) is 8.50. The lowest BCUT2D eigenvalue weighted by Gasteiger charge is -2.36. The Kier molecular flexibility index (Phi) is 4.69. The molecule has 116 valence electrons. The van der Waals surface area contributed by atoms with Crippen LogP contribution in [0.5, 0.6) is 5.75 Å². The zero-order valence-corrected chi connectivity index (χ0v) is 13.4. The minimum absolute atomic E-state index is 0.681. The first-order valence-corrected chi connectivity index (χ1v) is 8.50. The standard InChI is InChI=1S/C18H28N2O/c1-3-16(20-9-6-14(2)7-10-20)12-15-4-5-18-17(13-15)19-8-11-21-18/h4-5,13-14,16,19H,3,6-12H2,1-2H3. The summed E-state index contributed by atoms with van der Waals surface area (Å²) in [6, 6.07) is 7.33. The highest BCUT2D eigenvalue weighted by Gasteiger charge is 2.22. The lowest BCUT2D eigenvalue weighted by molar-refractivity contribution is 0.133. The summed E-state index contributed by atoms with van der Waals surface area (Å²) >= 11 is 0. The molecule has 0 bridgehead atoms. The van der Waals surface area contributed by atoms with E-state index in [9.17, 15) is 0 Å². The van der Waals surface area contributed by atoms with Gasteiger partial charge in [0.15, 0.2) is 0 Å². The Labute approximate surface area is 128 Å². The van der Waals surface area contributed by atoms with Gasteiger partial charge in [0.2, 0.25) is 0 Å². The Morgan fingerprint density at radius 3 is 2.90 bits per heavy atom. The molecule has 2 aliphatic rings. The molecular weight excluding hydrogens is 260 g/mol. The van der Waals surface area contributed by atoms with E-state index in [2.05, 4.69) is 42.3 Å². The Morgan fingerprint density at radius 1 is 1.33 bits per heavy atom. The van der Waals surface area contributed by atoms with Crippen molar-refractivity contribution >= 4 is 5.69 Å². The first kappa shape index (κ1) is 14.7. The maximum atomic E-state index is 5.66. The third-order valence-electron chi connectivity index (χ3n) is 5.00. The first-order chi connectivity index (χ1) is 10.3. The van der Waals surface area contributed by atoms with Crippen LogP contribution in [0.1, 0.15) is 38.7 Å². The number of ether oxygens (including phenoxy) is 1. The minimum Gasteiger partial charge on any atom is -0.490 e. The van der Waals surface area contributed by atoms with Gasteiger partial charge in [-0.15, -0.1) is 0 Å². The summed E-state index contributed by atoms with van der Waals surface area (Å²) in [6.07, 6.45) is 5.10. The van der Waals surface area contributed by atoms with E-state index < -0.39 is 0 Å². The van der Waals surface area contributed by atoms with Crippen LogP contribution in [0.15, 0.2) is 18.2 Å². The van der Waals surface area contributed by atoms with Gasteiger partial charge in [-0.05, 0) is 62.4 Å². The second kappa shape index (κ2) is 6.69. The SMILES string of the molecule is CCC(Cc1ccc2c(c1)NCCO2)N1CCC(C)CC1. The van der Waals surface area contributed by atoms with Crippen molar-refractivity contribution in [2.24, 2.45) is 5.92 Å². The summed E-state index contributed by atoms with van der Waals surface area (Å²) in [5, 5.41) is 3.44. The highest BCUT2D eigenvalue weighted by Crippen LogP contribution is 2.29. The van der Waals surface area contributed by atoms with Crippen molar-refractivity contribution in [3.63, 3.8) is 0 Å². The van der Waals surface area contributed by atoms with Crippen LogP contribution in [-0.2, 0) is 6.42 Å². The molecule has 0 saturated carbocycles. The molecule has 1 atom stereocenters. The summed E-state index contributed by atoms with van der Waals surface area (Å²) in [5.74, 6) is 1.91. The summed E-state index contributed by atoms with van der Waals surface area (Å²) in [6.45, 7) is 8.93. The largest absolute Gasteiger partial charge is 0.490 e. The van der Waals surface area contributed by atoms with Crippen LogP contribution in [0.3, 0.4) is 0 Å². The van der Waals surface area contributed by atoms with E-state index in [1.807, 2.05) is 0 Å². The third kappa shape index (κ3) is 3.52. The van der Waals surface area contributed by atoms with Gasteiger partial charge in [-0.3, -0.25) is 0 Å². The molecule has 0 aliphatic carbocycles. The fourth-order valence-corrected chi connectivity index (χ4v) is 3.51. The molecule has 0 aromatic heterocycles. The van der Waals surface area contributed by atoms with Gasteiger partial charge in [0.1, 0.15) is 12.4 Å². The van der Waals surface area contributed by atoms with Crippen LogP contribution in [0.25, 0.3) is 0 Å². The summed E-state index contributed by atoms with van der Waals surface area (Å²) < 4.78 is 5.66. The number of nitrogens with one attached hydrogen (secondary N) is 1. The average Bonchev–Trinajstić information content (AvgIpc) is 2.53. The van der Waals surface area contributed by atoms with Crippen LogP contribution in [0, 0.1) is 5.92 Å². The van der Waals surface area contributed by atoms with E-state index in [4.69, 9.17) is 4.74 Å². The van der Waals surface area contributed by atoms with Crippen LogP contribution >= 0.6 is 0 Å². The lowest BCUT2D eigenvalue weighted by Crippen LogP contribution is -2.41. The Bertz CT molecular complexity index is 466. The predicted octanol–water partition coefficient (Wildman–Crippen LogP) is 3.54. The maximum absolute atomic E-state index is 5.66. The molecule has 0 radical (unpaired) electrons. The smallest absolute Gasteiger partial charge is 0.142 e. The Morgan fingerprint density at radius 2 is 2.14 bits per heavy atom. The lowest BCUT2D eigenvalue weighted by atomic mass is 9.95. The maximum Gasteiger partial charge on any atom is 0.142 e. The molecule has 1 saturated heterocycles. The average molecular weight is 288 g/mol. The molecular formula is C18H28N2O. The number of hydrogen-bond donors (Lipinski definition) is 1. The molecule has 3 rings (SSSR count). The van der Waals surface area contributed by atoms with Gasteiger partial charge in [-0.2, -0.15) is 0 Å². The molecule has 3 heteroatoms. The summed E-state index contributed by atoms with van der Waals surface area (Å²) in [7, 11) is 0. The molecule has 0 spiro atoms. The van der Waals surface area contributed by atoms with Gasteiger partial charge in [0.05, 0.1) is 5.69 Å². The van der Waals surface area contributed by atoms with Crippen LogP contribution in [0.4, 0.5) is 5.69 Å². The highest BCUT2D eigenvalue weighted by molar-refractivity contribution is 5.59. The number of benzene rings is 1. The molecule has 1 aromatic rings. The van der Waals surface area contributed by atoms with Crippen molar-refractivity contribution in [1.29, 1.82) is 0 Å². The van der Waals surface area contributed by atoms with Crippen molar-refractivity contribution in [3.05, 3.63) is 23.8 Å². The van der Waals surface area contributed by atoms with E-state index in [1.165, 1.54) is 43.6 Å². The molecule has 1 fully saturated rings. The number of nitrogens with zero attached hydrogens (tertiary/aromatic N) is 1. The van der Waals surface area contributed by atoms with Gasteiger partial charge in [0, 0.05) is 12.6 Å². The zero-order chi connectivity index (χ0) is 14.7. The van der Waals surface area contributed by atoms with Crippen LogP contribution in [-0.4, -0.2) is 37.2 Å². The number of likely N-dealkylation sites (tertiary alicyclic amines) is 1. The molecule has 1 aromatic carbocycles. The number of piperidine rings is 1. The number of fused-ring (bicyclic) bond motifs is 1. The summed E-state index contributed by atoms with van der Waals surface area (Å²) in [4.78, 5) is 2.70.